The molecule has 0 aromatic heterocycles. The van der Waals surface area contributed by atoms with E-state index in [9.17, 15) is 21.6 Å². The summed E-state index contributed by atoms with van der Waals surface area (Å²) in [6, 6.07) is 0. The van der Waals surface area contributed by atoms with E-state index in [1.165, 1.54) is 19.3 Å². The Balaban J connectivity index is 0.000000312. The lowest BCUT2D eigenvalue weighted by Crippen LogP contribution is -2.39. The average Bonchev–Trinajstić information content (AvgIpc) is 3.34. The molecule has 4 N–H and O–H groups in total. The molecule has 2 saturated heterocycles. The van der Waals surface area contributed by atoms with Gasteiger partial charge in [0.1, 0.15) is 6.10 Å². The second kappa shape index (κ2) is 10.7. The summed E-state index contributed by atoms with van der Waals surface area (Å²) in [5, 5.41) is 8.57. The van der Waals surface area contributed by atoms with Gasteiger partial charge in [0.2, 0.25) is 0 Å². The van der Waals surface area contributed by atoms with Crippen LogP contribution in [0, 0.1) is 17.3 Å². The average molecular weight is 475 g/mol. The first-order valence-corrected chi connectivity index (χ1v) is 12.6. The smallest absolute Gasteiger partial charge is 0.333 e. The first kappa shape index (κ1) is 27.2. The van der Waals surface area contributed by atoms with Gasteiger partial charge in [0.05, 0.1) is 31.8 Å². The van der Waals surface area contributed by atoms with Crippen LogP contribution in [0.25, 0.3) is 0 Å². The van der Waals surface area contributed by atoms with Crippen molar-refractivity contribution in [3.8, 4) is 0 Å². The molecule has 30 heavy (non-hydrogen) atoms. The van der Waals surface area contributed by atoms with E-state index < -0.39 is 20.6 Å². The number of hydrogen-bond acceptors (Lipinski definition) is 9. The monoisotopic (exact) mass is 474 g/mol. The lowest BCUT2D eigenvalue weighted by Gasteiger charge is -2.30. The van der Waals surface area contributed by atoms with Gasteiger partial charge in [0.25, 0.3) is 0 Å². The van der Waals surface area contributed by atoms with E-state index in [1.54, 1.807) is 0 Å². The zero-order valence-electron chi connectivity index (χ0n) is 18.1. The molecule has 0 aromatic carbocycles. The van der Waals surface area contributed by atoms with E-state index >= 15 is 0 Å². The van der Waals surface area contributed by atoms with Crippen molar-refractivity contribution < 1.29 is 39.5 Å². The zero-order valence-corrected chi connectivity index (χ0v) is 19.7. The molecule has 0 amide bonds. The number of esters is 1. The van der Waals surface area contributed by atoms with Crippen LogP contribution < -0.4 is 10.3 Å². The van der Waals surface area contributed by atoms with E-state index in [2.05, 4.69) is 18.6 Å². The van der Waals surface area contributed by atoms with Crippen LogP contribution in [0.4, 0.5) is 0 Å². The van der Waals surface area contributed by atoms with Crippen LogP contribution in [0.1, 0.15) is 52.9 Å². The van der Waals surface area contributed by atoms with Gasteiger partial charge in [-0.3, -0.25) is 13.2 Å². The van der Waals surface area contributed by atoms with Gasteiger partial charge in [-0.1, -0.05) is 13.3 Å². The summed E-state index contributed by atoms with van der Waals surface area (Å²) in [6.07, 6.45) is 6.23. The van der Waals surface area contributed by atoms with E-state index in [-0.39, 0.29) is 23.6 Å². The lowest BCUT2D eigenvalue weighted by molar-refractivity contribution is -0.163. The molecular weight excluding hydrogens is 440 g/mol. The Kier molecular flexibility index (Phi) is 9.67. The van der Waals surface area contributed by atoms with Crippen molar-refractivity contribution in [2.45, 2.75) is 71.2 Å². The summed E-state index contributed by atoms with van der Waals surface area (Å²) < 4.78 is 57.4. The van der Waals surface area contributed by atoms with Gasteiger partial charge in [0, 0.05) is 6.42 Å². The quantitative estimate of drug-likeness (QED) is 0.540. The minimum Gasteiger partial charge on any atom is -0.459 e. The first-order chi connectivity index (χ1) is 13.6. The van der Waals surface area contributed by atoms with Crippen LogP contribution in [-0.2, 0) is 43.2 Å². The predicted octanol–water partition coefficient (Wildman–Crippen LogP) is 0.594. The van der Waals surface area contributed by atoms with Crippen molar-refractivity contribution in [3.05, 3.63) is 0 Å². The van der Waals surface area contributed by atoms with Gasteiger partial charge in [-0.15, -0.1) is 0 Å². The molecule has 2 bridgehead atoms. The summed E-state index contributed by atoms with van der Waals surface area (Å²) in [4.78, 5) is 12.1. The van der Waals surface area contributed by atoms with Crippen molar-refractivity contribution in [2.24, 2.45) is 27.5 Å². The normalized spacial score (nSPS) is 29.9. The maximum atomic E-state index is 12.1. The van der Waals surface area contributed by atoms with Crippen LogP contribution in [0.2, 0.25) is 0 Å². The van der Waals surface area contributed by atoms with Gasteiger partial charge in [-0.25, -0.2) is 10.3 Å². The highest BCUT2D eigenvalue weighted by molar-refractivity contribution is 7.84. The third-order valence-electron chi connectivity index (χ3n) is 5.85. The minimum atomic E-state index is -3.66. The molecule has 3 rings (SSSR count). The number of rotatable bonds is 5. The number of carbonyl (C=O) groups is 1. The zero-order chi connectivity index (χ0) is 23.3. The second-order valence-corrected chi connectivity index (χ2v) is 10.8. The van der Waals surface area contributed by atoms with Crippen molar-refractivity contribution in [2.75, 3.05) is 14.2 Å². The maximum absolute atomic E-state index is 12.1. The summed E-state index contributed by atoms with van der Waals surface area (Å²) in [5.41, 5.74) is -0.364. The molecule has 2 aliphatic heterocycles. The molecule has 5 unspecified atom stereocenters. The summed E-state index contributed by atoms with van der Waals surface area (Å²) in [5.74, 6) is 1.36. The van der Waals surface area contributed by atoms with Crippen LogP contribution in [0.3, 0.4) is 0 Å². The highest BCUT2D eigenvalue weighted by atomic mass is 32.2. The number of ether oxygens (including phenoxy) is 2. The van der Waals surface area contributed by atoms with Crippen LogP contribution in [0.15, 0.2) is 0 Å². The highest BCUT2D eigenvalue weighted by Gasteiger charge is 2.57. The fraction of sp³-hybridized carbons (Fsp3) is 0.941. The Morgan fingerprint density at radius 2 is 1.50 bits per heavy atom. The molecule has 3 fully saturated rings. The van der Waals surface area contributed by atoms with Crippen molar-refractivity contribution in [1.29, 1.82) is 0 Å². The van der Waals surface area contributed by atoms with Crippen LogP contribution >= 0.6 is 0 Å². The molecule has 0 aromatic rings. The predicted molar refractivity (Wildman–Crippen MR) is 108 cm³/mol. The van der Waals surface area contributed by atoms with Crippen molar-refractivity contribution in [1.82, 2.24) is 0 Å². The summed E-state index contributed by atoms with van der Waals surface area (Å²) >= 11 is 0. The molecule has 178 valence electrons. The molecule has 11 nitrogen and oxygen atoms in total. The molecule has 0 radical (unpaired) electrons. The summed E-state index contributed by atoms with van der Waals surface area (Å²) in [7, 11) is -5.33. The molecular formula is C17H34N2O9S2. The standard InChI is InChI=1S/C15H24O3.2CH5NO3S/c1-4-15(2,3)14(16)18-12-8-11-9-6-5-7-10(9)13(12)17-11;2*1-5-6(2,3)4/h9-13H,4-8H2,1-3H3;2*1H3,(H2,2,3,4). The van der Waals surface area contributed by atoms with E-state index in [0.29, 0.717) is 12.0 Å². The highest BCUT2D eigenvalue weighted by Crippen LogP contribution is 2.52. The third kappa shape index (κ3) is 8.02. The van der Waals surface area contributed by atoms with Crippen LogP contribution in [-0.4, -0.2) is 55.3 Å². The SMILES string of the molecule is CCC(C)(C)C(=O)OC1CC2OC1C1CCCC21.COS(N)(=O)=O.COS(N)(=O)=O. The van der Waals surface area contributed by atoms with E-state index in [0.717, 1.165) is 33.0 Å². The Labute approximate surface area is 179 Å². The Morgan fingerprint density at radius 3 is 1.93 bits per heavy atom. The molecule has 13 heteroatoms. The van der Waals surface area contributed by atoms with Gasteiger partial charge in [-0.2, -0.15) is 16.8 Å². The first-order valence-electron chi connectivity index (χ1n) is 9.68. The Bertz CT molecular complexity index is 751. The molecule has 5 atom stereocenters. The molecule has 3 aliphatic rings. The molecule has 1 saturated carbocycles. The number of carbonyl (C=O) groups excluding carboxylic acids is 1. The lowest BCUT2D eigenvalue weighted by atomic mass is 9.80. The minimum absolute atomic E-state index is 0.0210. The molecule has 2 heterocycles. The van der Waals surface area contributed by atoms with Crippen molar-refractivity contribution in [3.63, 3.8) is 0 Å². The van der Waals surface area contributed by atoms with E-state index in [1.807, 2.05) is 20.8 Å². The fourth-order valence-corrected chi connectivity index (χ4v) is 3.80. The molecule has 0 spiro atoms. The fourth-order valence-electron chi connectivity index (χ4n) is 3.80. The van der Waals surface area contributed by atoms with Crippen molar-refractivity contribution >= 4 is 26.6 Å². The van der Waals surface area contributed by atoms with Crippen LogP contribution in [0.5, 0.6) is 0 Å². The third-order valence-corrected chi connectivity index (χ3v) is 6.78. The number of fused-ring (bicyclic) bond motifs is 5. The Hall–Kier alpha value is -0.830. The number of hydrogen-bond donors (Lipinski definition) is 2. The van der Waals surface area contributed by atoms with Gasteiger partial charge in [-0.05, 0) is 44.9 Å². The maximum Gasteiger partial charge on any atom is 0.333 e. The Morgan fingerprint density at radius 1 is 1.03 bits per heavy atom. The summed E-state index contributed by atoms with van der Waals surface area (Å²) in [6.45, 7) is 5.95. The van der Waals surface area contributed by atoms with Gasteiger partial charge in [0.15, 0.2) is 0 Å². The largest absolute Gasteiger partial charge is 0.459 e. The second-order valence-electron chi connectivity index (χ2n) is 8.13. The van der Waals surface area contributed by atoms with E-state index in [4.69, 9.17) is 9.47 Å². The topological polar surface area (TPSA) is 174 Å². The van der Waals surface area contributed by atoms with Gasteiger partial charge < -0.3 is 9.47 Å². The van der Waals surface area contributed by atoms with Gasteiger partial charge >= 0.3 is 26.6 Å². The number of nitrogens with two attached hydrogens (primary N) is 2. The molecule has 1 aliphatic carbocycles.